The number of hydrogen-bond donors (Lipinski definition) is 1. The zero-order valence-electron chi connectivity index (χ0n) is 19.5. The second kappa shape index (κ2) is 10.0. The quantitative estimate of drug-likeness (QED) is 0.600. The van der Waals surface area contributed by atoms with Gasteiger partial charge in [0.15, 0.2) is 5.76 Å². The van der Waals surface area contributed by atoms with Crippen molar-refractivity contribution >= 4 is 11.8 Å². The largest absolute Gasteiger partial charge is 0.459 e. The minimum absolute atomic E-state index is 0.0324. The first-order valence-electron chi connectivity index (χ1n) is 11.4. The maximum atomic E-state index is 13.4. The molecule has 0 saturated heterocycles. The van der Waals surface area contributed by atoms with E-state index in [1.165, 1.54) is 11.8 Å². The standard InChI is InChI=1S/C27H31N3O3/c1-4-19-11-13-20(14-12-19)24(29(2)3)17-28-26(31)23-16-21-8-5-6-9-22(21)18-30(23)27(32)25-10-7-15-33-25/h5-15,23-24H,4,16-18H2,1-3H3,(H,28,31)/t23-,24-/m1/s1. The number of carbonyl (C=O) groups is 2. The Morgan fingerprint density at radius 3 is 2.42 bits per heavy atom. The molecule has 2 atom stereocenters. The van der Waals surface area contributed by atoms with Gasteiger partial charge in [-0.25, -0.2) is 0 Å². The van der Waals surface area contributed by atoms with Crippen molar-refractivity contribution in [3.63, 3.8) is 0 Å². The van der Waals surface area contributed by atoms with Crippen molar-refractivity contribution in [2.24, 2.45) is 0 Å². The van der Waals surface area contributed by atoms with Gasteiger partial charge in [0.25, 0.3) is 5.91 Å². The van der Waals surface area contributed by atoms with E-state index >= 15 is 0 Å². The fourth-order valence-electron chi connectivity index (χ4n) is 4.40. The highest BCUT2D eigenvalue weighted by atomic mass is 16.3. The number of aryl methyl sites for hydroxylation is 1. The molecule has 0 radical (unpaired) electrons. The van der Waals surface area contributed by atoms with Crippen molar-refractivity contribution in [3.8, 4) is 0 Å². The summed E-state index contributed by atoms with van der Waals surface area (Å²) in [7, 11) is 4.02. The Bertz CT molecular complexity index is 1090. The van der Waals surface area contributed by atoms with Crippen LogP contribution in [0, 0.1) is 0 Å². The molecule has 0 bridgehead atoms. The van der Waals surface area contributed by atoms with E-state index in [2.05, 4.69) is 41.4 Å². The van der Waals surface area contributed by atoms with Crippen LogP contribution < -0.4 is 5.32 Å². The van der Waals surface area contributed by atoms with Crippen LogP contribution >= 0.6 is 0 Å². The van der Waals surface area contributed by atoms with Crippen LogP contribution in [0.3, 0.4) is 0 Å². The molecule has 0 unspecified atom stereocenters. The van der Waals surface area contributed by atoms with Crippen molar-refractivity contribution in [1.82, 2.24) is 15.1 Å². The molecule has 2 amide bonds. The van der Waals surface area contributed by atoms with Gasteiger partial charge in [-0.05, 0) is 54.9 Å². The maximum Gasteiger partial charge on any atom is 0.290 e. The van der Waals surface area contributed by atoms with Gasteiger partial charge in [-0.15, -0.1) is 0 Å². The van der Waals surface area contributed by atoms with E-state index in [0.29, 0.717) is 19.5 Å². The van der Waals surface area contributed by atoms with E-state index in [-0.39, 0.29) is 23.6 Å². The van der Waals surface area contributed by atoms with Gasteiger partial charge in [0.1, 0.15) is 6.04 Å². The molecule has 0 aliphatic carbocycles. The molecule has 1 aliphatic heterocycles. The number of nitrogens with one attached hydrogen (secondary N) is 1. The molecule has 0 spiro atoms. The number of rotatable bonds is 7. The molecule has 33 heavy (non-hydrogen) atoms. The van der Waals surface area contributed by atoms with Crippen molar-refractivity contribution in [3.05, 3.63) is 94.9 Å². The van der Waals surface area contributed by atoms with Crippen molar-refractivity contribution in [2.75, 3.05) is 20.6 Å². The zero-order valence-corrected chi connectivity index (χ0v) is 19.5. The number of nitrogens with zero attached hydrogens (tertiary/aromatic N) is 2. The second-order valence-corrected chi connectivity index (χ2v) is 8.72. The van der Waals surface area contributed by atoms with Crippen LogP contribution in [0.2, 0.25) is 0 Å². The topological polar surface area (TPSA) is 65.8 Å². The third kappa shape index (κ3) is 5.01. The lowest BCUT2D eigenvalue weighted by Crippen LogP contribution is -2.53. The Morgan fingerprint density at radius 2 is 1.79 bits per heavy atom. The first-order chi connectivity index (χ1) is 16.0. The summed E-state index contributed by atoms with van der Waals surface area (Å²) in [4.78, 5) is 30.3. The number of likely N-dealkylation sites (N-methyl/N-ethyl adjacent to an activating group) is 1. The van der Waals surface area contributed by atoms with Crippen LogP contribution in [0.15, 0.2) is 71.3 Å². The number of benzene rings is 2. The fourth-order valence-corrected chi connectivity index (χ4v) is 4.40. The molecule has 6 nitrogen and oxygen atoms in total. The summed E-state index contributed by atoms with van der Waals surface area (Å²) in [5, 5.41) is 3.12. The van der Waals surface area contributed by atoms with E-state index in [4.69, 9.17) is 4.42 Å². The number of carbonyl (C=O) groups excluding carboxylic acids is 2. The lowest BCUT2D eigenvalue weighted by molar-refractivity contribution is -0.126. The molecular formula is C27H31N3O3. The Morgan fingerprint density at radius 1 is 1.06 bits per heavy atom. The lowest BCUT2D eigenvalue weighted by atomic mass is 9.93. The molecule has 4 rings (SSSR count). The van der Waals surface area contributed by atoms with Crippen LogP contribution in [0.25, 0.3) is 0 Å². The number of fused-ring (bicyclic) bond motifs is 1. The molecular weight excluding hydrogens is 414 g/mol. The average molecular weight is 446 g/mol. The number of furan rings is 1. The minimum atomic E-state index is -0.595. The zero-order chi connectivity index (χ0) is 23.4. The van der Waals surface area contributed by atoms with E-state index in [1.807, 2.05) is 38.4 Å². The van der Waals surface area contributed by atoms with Gasteiger partial charge in [-0.2, -0.15) is 0 Å². The summed E-state index contributed by atoms with van der Waals surface area (Å²) in [6, 6.07) is 19.2. The molecule has 0 fully saturated rings. The molecule has 6 heteroatoms. The lowest BCUT2D eigenvalue weighted by Gasteiger charge is -2.36. The Kier molecular flexibility index (Phi) is 6.94. The number of hydrogen-bond acceptors (Lipinski definition) is 4. The molecule has 1 aromatic heterocycles. The molecule has 1 N–H and O–H groups in total. The summed E-state index contributed by atoms with van der Waals surface area (Å²) in [5.41, 5.74) is 4.59. The van der Waals surface area contributed by atoms with Crippen molar-refractivity contribution < 1.29 is 14.0 Å². The summed E-state index contributed by atoms with van der Waals surface area (Å²) in [6.45, 7) is 2.97. The molecule has 172 valence electrons. The first-order valence-corrected chi connectivity index (χ1v) is 11.4. The Labute approximate surface area is 195 Å². The smallest absolute Gasteiger partial charge is 0.290 e. The van der Waals surface area contributed by atoms with Gasteiger partial charge >= 0.3 is 0 Å². The molecule has 0 saturated carbocycles. The van der Waals surface area contributed by atoms with Gasteiger partial charge in [0.2, 0.25) is 5.91 Å². The summed E-state index contributed by atoms with van der Waals surface area (Å²) in [5.74, 6) is -0.176. The van der Waals surface area contributed by atoms with E-state index < -0.39 is 6.04 Å². The first kappa shape index (κ1) is 22.8. The Balaban J connectivity index is 1.53. The van der Waals surface area contributed by atoms with Crippen LogP contribution in [0.1, 0.15) is 45.8 Å². The molecule has 3 aromatic rings. The van der Waals surface area contributed by atoms with Gasteiger partial charge in [-0.1, -0.05) is 55.5 Å². The summed E-state index contributed by atoms with van der Waals surface area (Å²) < 4.78 is 5.34. The van der Waals surface area contributed by atoms with E-state index in [0.717, 1.165) is 23.1 Å². The van der Waals surface area contributed by atoms with Crippen LogP contribution in [0.4, 0.5) is 0 Å². The molecule has 1 aliphatic rings. The highest BCUT2D eigenvalue weighted by Gasteiger charge is 2.36. The van der Waals surface area contributed by atoms with Gasteiger partial charge in [0.05, 0.1) is 12.3 Å². The SMILES string of the molecule is CCc1ccc([C@@H](CNC(=O)[C@H]2Cc3ccccc3CN2C(=O)c2ccco2)N(C)C)cc1. The minimum Gasteiger partial charge on any atom is -0.459 e. The average Bonchev–Trinajstić information content (AvgIpc) is 3.38. The Hall–Kier alpha value is -3.38. The highest BCUT2D eigenvalue weighted by molar-refractivity contribution is 5.96. The predicted molar refractivity (Wildman–Crippen MR) is 128 cm³/mol. The maximum absolute atomic E-state index is 13.4. The third-order valence-corrected chi connectivity index (χ3v) is 6.41. The van der Waals surface area contributed by atoms with E-state index in [9.17, 15) is 9.59 Å². The summed E-state index contributed by atoms with van der Waals surface area (Å²) in [6.07, 6.45) is 2.95. The van der Waals surface area contributed by atoms with Gasteiger partial charge in [0, 0.05) is 19.5 Å². The van der Waals surface area contributed by atoms with Gasteiger partial charge in [-0.3, -0.25) is 9.59 Å². The van der Waals surface area contributed by atoms with Gasteiger partial charge < -0.3 is 19.5 Å². The highest BCUT2D eigenvalue weighted by Crippen LogP contribution is 2.26. The van der Waals surface area contributed by atoms with E-state index in [1.54, 1.807) is 17.0 Å². The summed E-state index contributed by atoms with van der Waals surface area (Å²) >= 11 is 0. The molecule has 2 aromatic carbocycles. The fraction of sp³-hybridized carbons (Fsp3) is 0.333. The second-order valence-electron chi connectivity index (χ2n) is 8.72. The van der Waals surface area contributed by atoms with Crippen LogP contribution in [0.5, 0.6) is 0 Å². The van der Waals surface area contributed by atoms with Crippen molar-refractivity contribution in [1.29, 1.82) is 0 Å². The van der Waals surface area contributed by atoms with Crippen molar-refractivity contribution in [2.45, 2.75) is 38.4 Å². The van der Waals surface area contributed by atoms with Crippen LogP contribution in [-0.2, 0) is 24.2 Å². The normalized spacial score (nSPS) is 16.4. The third-order valence-electron chi connectivity index (χ3n) is 6.41. The van der Waals surface area contributed by atoms with Crippen LogP contribution in [-0.4, -0.2) is 48.3 Å². The number of amides is 2. The predicted octanol–water partition coefficient (Wildman–Crippen LogP) is 3.83. The molecule has 2 heterocycles. The monoisotopic (exact) mass is 445 g/mol.